The van der Waals surface area contributed by atoms with Crippen LogP contribution in [0.5, 0.6) is 0 Å². The second-order valence-corrected chi connectivity index (χ2v) is 9.10. The maximum atomic E-state index is 13.0. The van der Waals surface area contributed by atoms with Gasteiger partial charge >= 0.3 is 0 Å². The maximum Gasteiger partial charge on any atom is 0.269 e. The smallest absolute Gasteiger partial charge is 0.269 e. The van der Waals surface area contributed by atoms with E-state index in [2.05, 4.69) is 5.32 Å². The van der Waals surface area contributed by atoms with Crippen molar-refractivity contribution in [2.75, 3.05) is 6.54 Å². The van der Waals surface area contributed by atoms with Crippen molar-refractivity contribution >= 4 is 33.0 Å². The van der Waals surface area contributed by atoms with Gasteiger partial charge in [0, 0.05) is 23.6 Å². The summed E-state index contributed by atoms with van der Waals surface area (Å²) in [5.41, 5.74) is -0.183. The third kappa shape index (κ3) is 4.34. The van der Waals surface area contributed by atoms with Crippen LogP contribution >= 0.6 is 11.3 Å². The number of piperidine rings is 1. The van der Waals surface area contributed by atoms with Gasteiger partial charge in [0.1, 0.15) is 6.04 Å². The number of carbonyl (C=O) groups is 1. The zero-order valence-electron chi connectivity index (χ0n) is 14.4. The molecule has 0 bridgehead atoms. The van der Waals surface area contributed by atoms with Crippen molar-refractivity contribution in [1.29, 1.82) is 0 Å². The minimum atomic E-state index is -3.92. The van der Waals surface area contributed by atoms with Crippen molar-refractivity contribution in [2.24, 2.45) is 0 Å². The Morgan fingerprint density at radius 3 is 2.63 bits per heavy atom. The first kappa shape index (κ1) is 19.5. The van der Waals surface area contributed by atoms with Crippen LogP contribution in [0.2, 0.25) is 0 Å². The molecule has 8 nitrogen and oxygen atoms in total. The Labute approximate surface area is 161 Å². The molecule has 144 valence electrons. The number of nitro benzene ring substituents is 1. The lowest BCUT2D eigenvalue weighted by Crippen LogP contribution is -2.51. The Bertz CT molecular complexity index is 911. The molecule has 1 saturated heterocycles. The molecule has 1 atom stereocenters. The number of nitrogens with zero attached hydrogens (tertiary/aromatic N) is 2. The molecule has 1 aromatic carbocycles. The number of sulfonamides is 1. The molecule has 3 rings (SSSR count). The molecule has 0 saturated carbocycles. The van der Waals surface area contributed by atoms with E-state index in [1.807, 2.05) is 17.5 Å². The number of amides is 1. The predicted molar refractivity (Wildman–Crippen MR) is 101 cm³/mol. The third-order valence-corrected chi connectivity index (χ3v) is 7.23. The summed E-state index contributed by atoms with van der Waals surface area (Å²) < 4.78 is 27.2. The zero-order valence-corrected chi connectivity index (χ0v) is 16.0. The lowest BCUT2D eigenvalue weighted by molar-refractivity contribution is -0.384. The summed E-state index contributed by atoms with van der Waals surface area (Å²) in [4.78, 5) is 23.7. The summed E-state index contributed by atoms with van der Waals surface area (Å²) >= 11 is 1.52. The maximum absolute atomic E-state index is 13.0. The Hall–Kier alpha value is -2.30. The first-order valence-corrected chi connectivity index (χ1v) is 10.8. The van der Waals surface area contributed by atoms with Crippen LogP contribution in [0.3, 0.4) is 0 Å². The van der Waals surface area contributed by atoms with Crippen molar-refractivity contribution < 1.29 is 18.1 Å². The standard InChI is InChI=1S/C17H19N3O5S2/c21-17(18-12-14-4-3-11-26-14)16-5-1-2-10-19(16)27(24,25)15-8-6-13(7-9-15)20(22)23/h3-4,6-9,11,16H,1-2,5,10,12H2,(H,18,21)/t16-/m1/s1. The van der Waals surface area contributed by atoms with Crippen LogP contribution in [-0.2, 0) is 21.4 Å². The van der Waals surface area contributed by atoms with E-state index in [0.717, 1.165) is 23.4 Å². The number of nitro groups is 1. The van der Waals surface area contributed by atoms with Gasteiger partial charge in [-0.05, 0) is 36.4 Å². The quantitative estimate of drug-likeness (QED) is 0.582. The highest BCUT2D eigenvalue weighted by molar-refractivity contribution is 7.89. The molecule has 1 N–H and O–H groups in total. The second kappa shape index (κ2) is 8.15. The van der Waals surface area contributed by atoms with Crippen molar-refractivity contribution in [3.8, 4) is 0 Å². The van der Waals surface area contributed by atoms with Gasteiger partial charge in [0.15, 0.2) is 0 Å². The fourth-order valence-corrected chi connectivity index (χ4v) is 5.34. The van der Waals surface area contributed by atoms with Gasteiger partial charge in [-0.2, -0.15) is 4.31 Å². The van der Waals surface area contributed by atoms with E-state index in [9.17, 15) is 23.3 Å². The number of non-ortho nitro benzene ring substituents is 1. The van der Waals surface area contributed by atoms with E-state index < -0.39 is 21.0 Å². The minimum absolute atomic E-state index is 0.0499. The molecule has 1 aliphatic heterocycles. The van der Waals surface area contributed by atoms with Crippen LogP contribution in [0.25, 0.3) is 0 Å². The monoisotopic (exact) mass is 409 g/mol. The van der Waals surface area contributed by atoms with Crippen molar-refractivity contribution in [3.63, 3.8) is 0 Å². The van der Waals surface area contributed by atoms with Crippen molar-refractivity contribution in [3.05, 3.63) is 56.8 Å². The van der Waals surface area contributed by atoms with Gasteiger partial charge < -0.3 is 5.32 Å². The Kier molecular flexibility index (Phi) is 5.88. The van der Waals surface area contributed by atoms with Gasteiger partial charge in [0.05, 0.1) is 16.4 Å². The first-order valence-electron chi connectivity index (χ1n) is 8.46. The van der Waals surface area contributed by atoms with Crippen LogP contribution in [-0.4, -0.2) is 36.1 Å². The highest BCUT2D eigenvalue weighted by atomic mass is 32.2. The van der Waals surface area contributed by atoms with E-state index in [4.69, 9.17) is 0 Å². The average Bonchev–Trinajstić information content (AvgIpc) is 3.20. The number of hydrogen-bond acceptors (Lipinski definition) is 6. The molecular weight excluding hydrogens is 390 g/mol. The molecule has 0 spiro atoms. The number of benzene rings is 1. The normalized spacial score (nSPS) is 18.1. The lowest BCUT2D eigenvalue weighted by atomic mass is 10.0. The lowest BCUT2D eigenvalue weighted by Gasteiger charge is -2.33. The largest absolute Gasteiger partial charge is 0.350 e. The number of rotatable bonds is 6. The fourth-order valence-electron chi connectivity index (χ4n) is 3.04. The van der Waals surface area contributed by atoms with Crippen LogP contribution in [0, 0.1) is 10.1 Å². The van der Waals surface area contributed by atoms with Crippen molar-refractivity contribution in [1.82, 2.24) is 9.62 Å². The first-order chi connectivity index (χ1) is 12.9. The third-order valence-electron chi connectivity index (χ3n) is 4.43. The Balaban J connectivity index is 1.78. The van der Waals surface area contributed by atoms with Gasteiger partial charge in [-0.25, -0.2) is 8.42 Å². The topological polar surface area (TPSA) is 110 Å². The molecule has 27 heavy (non-hydrogen) atoms. The van der Waals surface area contributed by atoms with E-state index in [1.54, 1.807) is 0 Å². The van der Waals surface area contributed by atoms with Crippen LogP contribution in [0.1, 0.15) is 24.1 Å². The summed E-state index contributed by atoms with van der Waals surface area (Å²) in [6.07, 6.45) is 1.88. The molecule has 0 radical (unpaired) electrons. The Morgan fingerprint density at radius 1 is 1.26 bits per heavy atom. The zero-order chi connectivity index (χ0) is 19.4. The molecule has 1 aromatic heterocycles. The van der Waals surface area contributed by atoms with Gasteiger partial charge in [-0.1, -0.05) is 12.5 Å². The summed E-state index contributed by atoms with van der Waals surface area (Å²) in [5.74, 6) is -0.325. The summed E-state index contributed by atoms with van der Waals surface area (Å²) in [6, 6.07) is 7.74. The van der Waals surface area contributed by atoms with Crippen LogP contribution < -0.4 is 5.32 Å². The van der Waals surface area contributed by atoms with Gasteiger partial charge in [0.2, 0.25) is 15.9 Å². The van der Waals surface area contributed by atoms with E-state index >= 15 is 0 Å². The van der Waals surface area contributed by atoms with Crippen LogP contribution in [0.15, 0.2) is 46.7 Å². The van der Waals surface area contributed by atoms with Gasteiger partial charge in [-0.3, -0.25) is 14.9 Å². The number of nitrogens with one attached hydrogen (secondary N) is 1. The molecule has 0 aliphatic carbocycles. The SMILES string of the molecule is O=C(NCc1cccs1)[C@H]1CCCCN1S(=O)(=O)c1ccc([N+](=O)[O-])cc1. The highest BCUT2D eigenvalue weighted by Gasteiger charge is 2.37. The molecular formula is C17H19N3O5S2. The molecule has 2 aromatic rings. The summed E-state index contributed by atoms with van der Waals surface area (Å²) in [5, 5.41) is 15.5. The van der Waals surface area contributed by atoms with E-state index in [0.29, 0.717) is 19.4 Å². The summed E-state index contributed by atoms with van der Waals surface area (Å²) in [6.45, 7) is 0.606. The molecule has 0 unspecified atom stereocenters. The predicted octanol–water partition coefficient (Wildman–Crippen LogP) is 2.52. The van der Waals surface area contributed by atoms with Gasteiger partial charge in [-0.15, -0.1) is 11.3 Å². The minimum Gasteiger partial charge on any atom is -0.350 e. The van der Waals surface area contributed by atoms with Crippen molar-refractivity contribution in [2.45, 2.75) is 36.7 Å². The van der Waals surface area contributed by atoms with Crippen LogP contribution in [0.4, 0.5) is 5.69 Å². The highest BCUT2D eigenvalue weighted by Crippen LogP contribution is 2.27. The molecule has 10 heteroatoms. The van der Waals surface area contributed by atoms with E-state index in [1.165, 1.54) is 27.8 Å². The second-order valence-electron chi connectivity index (χ2n) is 6.18. The molecule has 1 amide bonds. The van der Waals surface area contributed by atoms with Gasteiger partial charge in [0.25, 0.3) is 5.69 Å². The van der Waals surface area contributed by atoms with E-state index in [-0.39, 0.29) is 23.0 Å². The molecule has 2 heterocycles. The summed E-state index contributed by atoms with van der Waals surface area (Å²) in [7, 11) is -3.92. The number of carbonyl (C=O) groups excluding carboxylic acids is 1. The number of hydrogen-bond donors (Lipinski definition) is 1. The Morgan fingerprint density at radius 2 is 2.00 bits per heavy atom. The fraction of sp³-hybridized carbons (Fsp3) is 0.353. The molecule has 1 fully saturated rings. The molecule has 1 aliphatic rings. The number of thiophene rings is 1. The average molecular weight is 409 g/mol.